The van der Waals surface area contributed by atoms with E-state index in [1.54, 1.807) is 0 Å². The van der Waals surface area contributed by atoms with Crippen LogP contribution in [0.1, 0.15) is 90.9 Å². The minimum Gasteiger partial charge on any atom is -0.466 e. The second-order valence-electron chi connectivity index (χ2n) is 7.05. The molecule has 1 aliphatic rings. The third-order valence-corrected chi connectivity index (χ3v) is 4.58. The first-order valence-electron chi connectivity index (χ1n) is 9.71. The van der Waals surface area contributed by atoms with Gasteiger partial charge >= 0.3 is 11.9 Å². The minimum absolute atomic E-state index is 0.188. The number of aliphatic hydroxyl groups is 1. The Kier molecular flexibility index (Phi) is 10.5. The summed E-state index contributed by atoms with van der Waals surface area (Å²) in [6.45, 7) is 3.53. The molecule has 0 amide bonds. The summed E-state index contributed by atoms with van der Waals surface area (Å²) in [5.41, 5.74) is 0.700. The van der Waals surface area contributed by atoms with Crippen LogP contribution >= 0.6 is 0 Å². The number of hydrogen-bond donors (Lipinski definition) is 1. The molecule has 1 unspecified atom stereocenters. The molecular formula is C20H34O5. The van der Waals surface area contributed by atoms with E-state index in [1.165, 1.54) is 64.9 Å². The molecule has 0 aromatic heterocycles. The molecule has 0 fully saturated rings. The van der Waals surface area contributed by atoms with Crippen LogP contribution in [-0.4, -0.2) is 29.4 Å². The van der Waals surface area contributed by atoms with E-state index in [0.717, 1.165) is 32.1 Å². The van der Waals surface area contributed by atoms with Crippen LogP contribution < -0.4 is 0 Å². The van der Waals surface area contributed by atoms with Crippen LogP contribution in [0, 0.1) is 0 Å². The van der Waals surface area contributed by atoms with E-state index in [-0.39, 0.29) is 5.97 Å². The van der Waals surface area contributed by atoms with Gasteiger partial charge in [0.25, 0.3) is 0 Å². The van der Waals surface area contributed by atoms with Gasteiger partial charge in [0, 0.05) is 25.5 Å². The summed E-state index contributed by atoms with van der Waals surface area (Å²) in [6, 6.07) is 0. The molecule has 0 saturated heterocycles. The highest BCUT2D eigenvalue weighted by atomic mass is 16.7. The van der Waals surface area contributed by atoms with Crippen LogP contribution in [0.4, 0.5) is 0 Å². The van der Waals surface area contributed by atoms with Gasteiger partial charge in [0.15, 0.2) is 0 Å². The third-order valence-electron chi connectivity index (χ3n) is 4.58. The van der Waals surface area contributed by atoms with Crippen molar-refractivity contribution in [3.63, 3.8) is 0 Å². The average Bonchev–Trinajstić information content (AvgIpc) is 2.79. The number of cyclic esters (lactones) is 1. The van der Waals surface area contributed by atoms with Crippen LogP contribution in [0.15, 0.2) is 11.6 Å². The van der Waals surface area contributed by atoms with Gasteiger partial charge in [0.05, 0.1) is 6.61 Å². The fourth-order valence-electron chi connectivity index (χ4n) is 3.10. The Labute approximate surface area is 151 Å². The Morgan fingerprint density at radius 1 is 1.00 bits per heavy atom. The summed E-state index contributed by atoms with van der Waals surface area (Å²) < 4.78 is 9.74. The van der Waals surface area contributed by atoms with Crippen LogP contribution in [0.25, 0.3) is 0 Å². The molecule has 5 heteroatoms. The second kappa shape index (κ2) is 12.1. The Morgan fingerprint density at radius 2 is 1.48 bits per heavy atom. The molecule has 1 rings (SSSR count). The van der Waals surface area contributed by atoms with E-state index in [9.17, 15) is 14.7 Å². The second-order valence-corrected chi connectivity index (χ2v) is 7.05. The van der Waals surface area contributed by atoms with E-state index in [1.807, 2.05) is 0 Å². The Hall–Kier alpha value is -1.36. The monoisotopic (exact) mass is 354 g/mol. The van der Waals surface area contributed by atoms with E-state index in [0.29, 0.717) is 12.2 Å². The van der Waals surface area contributed by atoms with Gasteiger partial charge in [0.1, 0.15) is 0 Å². The van der Waals surface area contributed by atoms with Crippen molar-refractivity contribution in [3.8, 4) is 0 Å². The molecule has 1 atom stereocenters. The topological polar surface area (TPSA) is 72.8 Å². The van der Waals surface area contributed by atoms with E-state index < -0.39 is 11.8 Å². The van der Waals surface area contributed by atoms with E-state index in [4.69, 9.17) is 9.47 Å². The van der Waals surface area contributed by atoms with Crippen molar-refractivity contribution in [3.05, 3.63) is 11.6 Å². The van der Waals surface area contributed by atoms with Crippen molar-refractivity contribution in [1.82, 2.24) is 0 Å². The SMILES string of the molecule is CC(=O)OCCCCCCCCCCCCCC1=CC(=O)OC1(C)O. The van der Waals surface area contributed by atoms with Crippen molar-refractivity contribution in [2.24, 2.45) is 0 Å². The molecule has 0 aromatic rings. The van der Waals surface area contributed by atoms with Gasteiger partial charge in [-0.15, -0.1) is 0 Å². The lowest BCUT2D eigenvalue weighted by Gasteiger charge is -2.19. The first-order valence-corrected chi connectivity index (χ1v) is 9.71. The number of hydrogen-bond acceptors (Lipinski definition) is 5. The van der Waals surface area contributed by atoms with Crippen LogP contribution in [0.3, 0.4) is 0 Å². The van der Waals surface area contributed by atoms with Gasteiger partial charge in [0.2, 0.25) is 5.79 Å². The zero-order valence-corrected chi connectivity index (χ0v) is 15.8. The highest BCUT2D eigenvalue weighted by Crippen LogP contribution is 2.29. The van der Waals surface area contributed by atoms with E-state index in [2.05, 4.69) is 0 Å². The number of carbonyl (C=O) groups excluding carboxylic acids is 2. The number of ether oxygens (including phenoxy) is 2. The standard InChI is InChI=1S/C20H34O5/c1-17(21)24-15-13-11-9-7-5-3-4-6-8-10-12-14-18-16-19(22)25-20(18,2)23/h16,23H,3-15H2,1-2H3. The lowest BCUT2D eigenvalue weighted by Crippen LogP contribution is -2.27. The molecule has 1 heterocycles. The lowest BCUT2D eigenvalue weighted by atomic mass is 10.00. The molecule has 1 aliphatic heterocycles. The summed E-state index contributed by atoms with van der Waals surface area (Å²) in [5.74, 6) is -2.02. The van der Waals surface area contributed by atoms with Crippen molar-refractivity contribution in [2.75, 3.05) is 6.61 Å². The van der Waals surface area contributed by atoms with Crippen LogP contribution in [-0.2, 0) is 19.1 Å². The average molecular weight is 354 g/mol. The number of esters is 2. The van der Waals surface area contributed by atoms with Gasteiger partial charge in [-0.1, -0.05) is 57.8 Å². The maximum absolute atomic E-state index is 11.2. The summed E-state index contributed by atoms with van der Waals surface area (Å²) >= 11 is 0. The Balaban J connectivity index is 1.83. The highest BCUT2D eigenvalue weighted by molar-refractivity contribution is 5.86. The highest BCUT2D eigenvalue weighted by Gasteiger charge is 2.35. The third kappa shape index (κ3) is 10.3. The van der Waals surface area contributed by atoms with Gasteiger partial charge in [-0.05, 0) is 19.3 Å². The molecule has 0 spiro atoms. The Morgan fingerprint density at radius 3 is 1.92 bits per heavy atom. The molecule has 5 nitrogen and oxygen atoms in total. The molecule has 1 N–H and O–H groups in total. The molecule has 0 saturated carbocycles. The normalized spacial score (nSPS) is 19.6. The summed E-state index contributed by atoms with van der Waals surface area (Å²) in [6.07, 6.45) is 15.1. The molecule has 0 aliphatic carbocycles. The van der Waals surface area contributed by atoms with E-state index >= 15 is 0 Å². The number of carbonyl (C=O) groups is 2. The summed E-state index contributed by atoms with van der Waals surface area (Å²) in [4.78, 5) is 21.7. The fraction of sp³-hybridized carbons (Fsp3) is 0.800. The zero-order chi connectivity index (χ0) is 18.5. The molecule has 0 bridgehead atoms. The van der Waals surface area contributed by atoms with Crippen molar-refractivity contribution in [1.29, 1.82) is 0 Å². The first-order chi connectivity index (χ1) is 11.9. The molecular weight excluding hydrogens is 320 g/mol. The fourth-order valence-corrected chi connectivity index (χ4v) is 3.10. The Bertz CT molecular complexity index is 439. The predicted octanol–water partition coefficient (Wildman–Crippen LogP) is 4.42. The van der Waals surface area contributed by atoms with Crippen molar-refractivity contribution < 1.29 is 24.2 Å². The smallest absolute Gasteiger partial charge is 0.333 e. The zero-order valence-electron chi connectivity index (χ0n) is 15.8. The summed E-state index contributed by atoms with van der Waals surface area (Å²) in [5, 5.41) is 9.91. The molecule has 25 heavy (non-hydrogen) atoms. The van der Waals surface area contributed by atoms with Crippen LogP contribution in [0.2, 0.25) is 0 Å². The minimum atomic E-state index is -1.39. The largest absolute Gasteiger partial charge is 0.466 e. The van der Waals surface area contributed by atoms with Gasteiger partial charge in [-0.25, -0.2) is 4.79 Å². The van der Waals surface area contributed by atoms with Crippen LogP contribution in [0.5, 0.6) is 0 Å². The van der Waals surface area contributed by atoms with Gasteiger partial charge in [-0.2, -0.15) is 0 Å². The number of rotatable bonds is 14. The number of unbranched alkanes of at least 4 members (excludes halogenated alkanes) is 10. The quantitative estimate of drug-likeness (QED) is 0.369. The molecule has 0 radical (unpaired) electrons. The molecule has 144 valence electrons. The predicted molar refractivity (Wildman–Crippen MR) is 96.8 cm³/mol. The lowest BCUT2D eigenvalue weighted by molar-refractivity contribution is -0.175. The van der Waals surface area contributed by atoms with Gasteiger partial charge in [-0.3, -0.25) is 4.79 Å². The molecule has 0 aromatic carbocycles. The van der Waals surface area contributed by atoms with Gasteiger partial charge < -0.3 is 14.6 Å². The van der Waals surface area contributed by atoms with Crippen molar-refractivity contribution >= 4 is 11.9 Å². The summed E-state index contributed by atoms with van der Waals surface area (Å²) in [7, 11) is 0. The maximum atomic E-state index is 11.2. The maximum Gasteiger partial charge on any atom is 0.333 e. The first kappa shape index (κ1) is 21.7. The van der Waals surface area contributed by atoms with Crippen molar-refractivity contribution in [2.45, 2.75) is 96.7 Å².